The Morgan fingerprint density at radius 1 is 0.952 bits per heavy atom. The van der Waals surface area contributed by atoms with Gasteiger partial charge in [0, 0.05) is 0 Å². The maximum Gasteiger partial charge on any atom is 2.00 e. The fraction of sp³-hybridized carbons (Fsp3) is 0.600. The van der Waals surface area contributed by atoms with Crippen LogP contribution in [0, 0.1) is 0 Å². The van der Waals surface area contributed by atoms with Gasteiger partial charge < -0.3 is 33.1 Å². The topological polar surface area (TPSA) is 200 Å². The Kier molecular flexibility index (Phi) is 18.1. The Balaban J connectivity index is -0.000000482. The maximum atomic E-state index is 11.6. The van der Waals surface area contributed by atoms with E-state index in [1.807, 2.05) is 0 Å². The Morgan fingerprint density at radius 2 is 1.33 bits per heavy atom. The van der Waals surface area contributed by atoms with Gasteiger partial charge >= 0.3 is 33.0 Å². The average Bonchev–Trinajstić information content (AvgIpc) is 2.23. The molecule has 10 nitrogen and oxygen atoms in total. The zero-order chi connectivity index (χ0) is 14.3. The van der Waals surface area contributed by atoms with Crippen molar-refractivity contribution in [2.45, 2.75) is 31.8 Å². The molecule has 21 heavy (non-hydrogen) atoms. The molecule has 0 saturated heterocycles. The SMILES string of the molecule is CNC(CC(=O)O)C(=O)NC(CC(=O)O)C(C)=O.[NH2-].[NH2-].[Pt+2]. The van der Waals surface area contributed by atoms with Gasteiger partial charge in [0.05, 0.1) is 24.9 Å². The number of hydrogen-bond donors (Lipinski definition) is 4. The molecule has 0 aromatic rings. The minimum atomic E-state index is -1.23. The predicted molar refractivity (Wildman–Crippen MR) is 70.5 cm³/mol. The number of rotatable bonds is 8. The number of aliphatic carboxylic acids is 2. The summed E-state index contributed by atoms with van der Waals surface area (Å²) in [4.78, 5) is 43.7. The van der Waals surface area contributed by atoms with Crippen molar-refractivity contribution in [2.75, 3.05) is 7.05 Å². The first-order valence-corrected chi connectivity index (χ1v) is 5.19. The van der Waals surface area contributed by atoms with E-state index in [9.17, 15) is 19.2 Å². The third kappa shape index (κ3) is 12.1. The molecule has 2 atom stereocenters. The number of hydrogen-bond acceptors (Lipinski definition) is 5. The van der Waals surface area contributed by atoms with Gasteiger partial charge in [-0.25, -0.2) is 0 Å². The summed E-state index contributed by atoms with van der Waals surface area (Å²) < 4.78 is 0. The summed E-state index contributed by atoms with van der Waals surface area (Å²) in [6.45, 7) is 1.15. The summed E-state index contributed by atoms with van der Waals surface area (Å²) in [6.07, 6.45) is -0.995. The molecule has 0 aromatic heterocycles. The molecule has 0 aliphatic rings. The molecule has 126 valence electrons. The number of carbonyl (C=O) groups is 4. The van der Waals surface area contributed by atoms with Gasteiger partial charge in [-0.1, -0.05) is 0 Å². The molecule has 0 aliphatic heterocycles. The Bertz CT molecular complexity index is 365. The summed E-state index contributed by atoms with van der Waals surface area (Å²) in [6, 6.07) is -2.17. The van der Waals surface area contributed by atoms with Crippen LogP contribution in [0.3, 0.4) is 0 Å². The molecule has 0 heterocycles. The molecular formula is C10H20N4O6Pt. The molecule has 8 N–H and O–H groups in total. The minimum absolute atomic E-state index is 0. The fourth-order valence-corrected chi connectivity index (χ4v) is 1.24. The number of carbonyl (C=O) groups excluding carboxylic acids is 2. The van der Waals surface area contributed by atoms with Gasteiger partial charge in [0.25, 0.3) is 0 Å². The number of nitrogens with one attached hydrogen (secondary N) is 2. The molecule has 2 unspecified atom stereocenters. The van der Waals surface area contributed by atoms with Crippen molar-refractivity contribution in [3.8, 4) is 0 Å². The van der Waals surface area contributed by atoms with E-state index in [-0.39, 0.29) is 33.4 Å². The number of nitrogens with two attached hydrogens (primary N) is 2. The van der Waals surface area contributed by atoms with Crippen molar-refractivity contribution in [3.05, 3.63) is 12.3 Å². The molecule has 0 aromatic carbocycles. The van der Waals surface area contributed by atoms with Gasteiger partial charge in [-0.2, -0.15) is 0 Å². The van der Waals surface area contributed by atoms with Crippen molar-refractivity contribution < 1.29 is 50.5 Å². The molecule has 0 spiro atoms. The van der Waals surface area contributed by atoms with E-state index in [0.29, 0.717) is 0 Å². The van der Waals surface area contributed by atoms with Crippen LogP contribution in [0.5, 0.6) is 0 Å². The maximum absolute atomic E-state index is 11.6. The summed E-state index contributed by atoms with van der Waals surface area (Å²) in [5.74, 6) is -3.63. The van der Waals surface area contributed by atoms with Gasteiger partial charge in [0.2, 0.25) is 5.91 Å². The third-order valence-corrected chi connectivity index (χ3v) is 2.23. The van der Waals surface area contributed by atoms with E-state index < -0.39 is 48.6 Å². The van der Waals surface area contributed by atoms with Crippen LogP contribution in [-0.4, -0.2) is 53.0 Å². The van der Waals surface area contributed by atoms with Crippen molar-refractivity contribution >= 4 is 23.6 Å². The van der Waals surface area contributed by atoms with Crippen LogP contribution in [0.25, 0.3) is 12.3 Å². The fourth-order valence-electron chi connectivity index (χ4n) is 1.24. The first-order chi connectivity index (χ1) is 8.27. The smallest absolute Gasteiger partial charge is 0.693 e. The zero-order valence-corrected chi connectivity index (χ0v) is 13.8. The monoisotopic (exact) mass is 487 g/mol. The first-order valence-electron chi connectivity index (χ1n) is 5.19. The van der Waals surface area contributed by atoms with E-state index in [4.69, 9.17) is 10.2 Å². The Labute approximate surface area is 136 Å². The molecular weight excluding hydrogens is 467 g/mol. The predicted octanol–water partition coefficient (Wildman–Crippen LogP) is 0.0293. The summed E-state index contributed by atoms with van der Waals surface area (Å²) >= 11 is 0. The van der Waals surface area contributed by atoms with Gasteiger partial charge in [-0.05, 0) is 14.0 Å². The van der Waals surface area contributed by atoms with Crippen LogP contribution < -0.4 is 10.6 Å². The van der Waals surface area contributed by atoms with Crippen LogP contribution >= 0.6 is 0 Å². The number of amides is 1. The largest absolute Gasteiger partial charge is 2.00 e. The van der Waals surface area contributed by atoms with Crippen LogP contribution in [0.15, 0.2) is 0 Å². The summed E-state index contributed by atoms with van der Waals surface area (Å²) in [5, 5.41) is 21.8. The zero-order valence-electron chi connectivity index (χ0n) is 11.6. The van der Waals surface area contributed by atoms with Crippen molar-refractivity contribution in [1.29, 1.82) is 0 Å². The summed E-state index contributed by atoms with van der Waals surface area (Å²) in [5.41, 5.74) is 0. The second-order valence-electron chi connectivity index (χ2n) is 3.71. The number of Topliss-reactive ketones (excluding diaryl/α,β-unsaturated/α-hetero) is 1. The molecule has 0 aliphatic carbocycles. The number of likely N-dealkylation sites (N-methyl/N-ethyl adjacent to an activating group) is 1. The van der Waals surface area contributed by atoms with Crippen molar-refractivity contribution in [1.82, 2.24) is 10.6 Å². The molecule has 0 bridgehead atoms. The van der Waals surface area contributed by atoms with E-state index >= 15 is 0 Å². The molecule has 1 amide bonds. The quantitative estimate of drug-likeness (QED) is 0.370. The van der Waals surface area contributed by atoms with Crippen LogP contribution in [0.2, 0.25) is 0 Å². The molecule has 0 rings (SSSR count). The second kappa shape index (κ2) is 13.6. The van der Waals surface area contributed by atoms with E-state index in [1.54, 1.807) is 0 Å². The Morgan fingerprint density at radius 3 is 1.62 bits per heavy atom. The molecule has 0 fully saturated rings. The van der Waals surface area contributed by atoms with Gasteiger partial charge in [-0.3, -0.25) is 19.2 Å². The molecule has 0 radical (unpaired) electrons. The number of carboxylic acid groups (broad SMARTS) is 2. The Hall–Kier alpha value is -1.35. The minimum Gasteiger partial charge on any atom is -0.693 e. The van der Waals surface area contributed by atoms with E-state index in [0.717, 1.165) is 6.92 Å². The van der Waals surface area contributed by atoms with Gasteiger partial charge in [0.15, 0.2) is 5.78 Å². The number of ketones is 1. The first kappa shape index (κ1) is 27.9. The van der Waals surface area contributed by atoms with E-state index in [2.05, 4.69) is 10.6 Å². The second-order valence-corrected chi connectivity index (χ2v) is 3.71. The van der Waals surface area contributed by atoms with Crippen LogP contribution in [-0.2, 0) is 40.2 Å². The molecule has 11 heteroatoms. The van der Waals surface area contributed by atoms with Crippen molar-refractivity contribution in [3.63, 3.8) is 0 Å². The summed E-state index contributed by atoms with van der Waals surface area (Å²) in [7, 11) is 1.40. The van der Waals surface area contributed by atoms with Gasteiger partial charge in [-0.15, -0.1) is 0 Å². The average molecular weight is 487 g/mol. The van der Waals surface area contributed by atoms with Gasteiger partial charge in [0.1, 0.15) is 0 Å². The normalized spacial score (nSPS) is 11.5. The third-order valence-electron chi connectivity index (χ3n) is 2.23. The van der Waals surface area contributed by atoms with Crippen LogP contribution in [0.1, 0.15) is 19.8 Å². The van der Waals surface area contributed by atoms with Crippen LogP contribution in [0.4, 0.5) is 0 Å². The van der Waals surface area contributed by atoms with E-state index in [1.165, 1.54) is 7.05 Å². The standard InChI is InChI=1S/C10H16N2O6.2H2N.Pt/c1-5(13)6(3-8(14)15)12-10(18)7(11-2)4-9(16)17;;;/h6-7,11H,3-4H2,1-2H3,(H,12,18)(H,14,15)(H,16,17);2*1H2;/q;2*-1;+2. The van der Waals surface area contributed by atoms with Crippen molar-refractivity contribution in [2.24, 2.45) is 0 Å². The number of carboxylic acids is 2. The molecule has 0 saturated carbocycles.